The van der Waals surface area contributed by atoms with E-state index in [1.165, 1.54) is 0 Å². The fraction of sp³-hybridized carbons (Fsp3) is 0.200. The van der Waals surface area contributed by atoms with Crippen LogP contribution in [0.2, 0.25) is 0 Å². The number of ether oxygens (including phenoxy) is 1. The molecular weight excluding hydrogens is 300 g/mol. The van der Waals surface area contributed by atoms with E-state index < -0.39 is 0 Å². The summed E-state index contributed by atoms with van der Waals surface area (Å²) >= 11 is 0. The summed E-state index contributed by atoms with van der Waals surface area (Å²) in [6.07, 6.45) is 7.52. The molecule has 120 valence electrons. The Balaban J connectivity index is 1.74. The first-order valence-electron chi connectivity index (χ1n) is 7.94. The van der Waals surface area contributed by atoms with Gasteiger partial charge in [0.1, 0.15) is 5.75 Å². The first-order valence-corrected chi connectivity index (χ1v) is 7.94. The molecule has 1 aromatic heterocycles. The van der Waals surface area contributed by atoms with Gasteiger partial charge in [-0.2, -0.15) is 0 Å². The maximum Gasteiger partial charge on any atom is 0.248 e. The van der Waals surface area contributed by atoms with Crippen molar-refractivity contribution in [2.45, 2.75) is 19.8 Å². The van der Waals surface area contributed by atoms with Crippen LogP contribution in [-0.4, -0.2) is 16.8 Å². The fourth-order valence-corrected chi connectivity index (χ4v) is 2.19. The Morgan fingerprint density at radius 3 is 2.08 bits per heavy atom. The van der Waals surface area contributed by atoms with Crippen LogP contribution in [0.4, 0.5) is 0 Å². The van der Waals surface area contributed by atoms with Crippen LogP contribution in [0.25, 0.3) is 22.9 Å². The molecule has 0 aliphatic carbocycles. The second kappa shape index (κ2) is 7.47. The Labute approximate surface area is 141 Å². The van der Waals surface area contributed by atoms with Crippen molar-refractivity contribution in [1.29, 1.82) is 0 Å². The third-order valence-electron chi connectivity index (χ3n) is 3.59. The zero-order chi connectivity index (χ0) is 16.8. The molecule has 24 heavy (non-hydrogen) atoms. The first-order chi connectivity index (χ1) is 11.8. The van der Waals surface area contributed by atoms with E-state index in [1.807, 2.05) is 48.5 Å². The average Bonchev–Trinajstić information content (AvgIpc) is 3.13. The SMILES string of the molecule is C#Cc1ccc(-c2nnc(-c3ccc(OCCCC)cc3)o2)cc1. The second-order valence-corrected chi connectivity index (χ2v) is 5.36. The van der Waals surface area contributed by atoms with E-state index in [4.69, 9.17) is 15.6 Å². The van der Waals surface area contributed by atoms with Crippen LogP contribution in [0.1, 0.15) is 25.3 Å². The third-order valence-corrected chi connectivity index (χ3v) is 3.59. The lowest BCUT2D eigenvalue weighted by molar-refractivity contribution is 0.309. The van der Waals surface area contributed by atoms with Crippen LogP contribution >= 0.6 is 0 Å². The summed E-state index contributed by atoms with van der Waals surface area (Å²) in [7, 11) is 0. The minimum Gasteiger partial charge on any atom is -0.494 e. The molecule has 0 atom stereocenters. The lowest BCUT2D eigenvalue weighted by Gasteiger charge is -2.05. The molecule has 2 aromatic carbocycles. The van der Waals surface area contributed by atoms with E-state index in [0.29, 0.717) is 11.8 Å². The van der Waals surface area contributed by atoms with Crippen molar-refractivity contribution in [1.82, 2.24) is 10.2 Å². The molecule has 0 aliphatic rings. The number of hydrogen-bond donors (Lipinski definition) is 0. The second-order valence-electron chi connectivity index (χ2n) is 5.36. The molecule has 3 aromatic rings. The largest absolute Gasteiger partial charge is 0.494 e. The standard InChI is InChI=1S/C20H18N2O2/c1-3-5-14-23-18-12-10-17(11-13-18)20-22-21-19(24-20)16-8-6-15(4-2)7-9-16/h2,6-13H,3,5,14H2,1H3. The maximum atomic E-state index is 5.75. The number of rotatable bonds is 6. The van der Waals surface area contributed by atoms with Crippen LogP contribution in [0.3, 0.4) is 0 Å². The Morgan fingerprint density at radius 1 is 0.958 bits per heavy atom. The Morgan fingerprint density at radius 2 is 1.54 bits per heavy atom. The van der Waals surface area contributed by atoms with Crippen molar-refractivity contribution >= 4 is 0 Å². The van der Waals surface area contributed by atoms with E-state index in [1.54, 1.807) is 0 Å². The van der Waals surface area contributed by atoms with Crippen molar-refractivity contribution in [3.63, 3.8) is 0 Å². The van der Waals surface area contributed by atoms with Crippen molar-refractivity contribution in [3.05, 3.63) is 54.1 Å². The van der Waals surface area contributed by atoms with E-state index in [-0.39, 0.29) is 0 Å². The van der Waals surface area contributed by atoms with Gasteiger partial charge in [0, 0.05) is 16.7 Å². The summed E-state index contributed by atoms with van der Waals surface area (Å²) in [5.41, 5.74) is 2.52. The smallest absolute Gasteiger partial charge is 0.248 e. The number of unbranched alkanes of at least 4 members (excludes halogenated alkanes) is 1. The monoisotopic (exact) mass is 318 g/mol. The predicted octanol–water partition coefficient (Wildman–Crippen LogP) is 4.56. The maximum absolute atomic E-state index is 5.75. The van der Waals surface area contributed by atoms with Gasteiger partial charge in [0.05, 0.1) is 6.61 Å². The van der Waals surface area contributed by atoms with Crippen LogP contribution in [0.15, 0.2) is 52.9 Å². The summed E-state index contributed by atoms with van der Waals surface area (Å²) in [4.78, 5) is 0. The third kappa shape index (κ3) is 3.64. The molecule has 0 radical (unpaired) electrons. The van der Waals surface area contributed by atoms with Gasteiger partial charge in [0.15, 0.2) is 0 Å². The summed E-state index contributed by atoms with van der Waals surface area (Å²) < 4.78 is 11.4. The van der Waals surface area contributed by atoms with Crippen LogP contribution in [0, 0.1) is 12.3 Å². The van der Waals surface area contributed by atoms with Gasteiger partial charge in [-0.25, -0.2) is 0 Å². The van der Waals surface area contributed by atoms with Gasteiger partial charge in [-0.15, -0.1) is 16.6 Å². The molecular formula is C20H18N2O2. The summed E-state index contributed by atoms with van der Waals surface area (Å²) in [6.45, 7) is 2.87. The molecule has 0 saturated heterocycles. The van der Waals surface area contributed by atoms with Gasteiger partial charge < -0.3 is 9.15 Å². The number of aromatic nitrogens is 2. The van der Waals surface area contributed by atoms with E-state index in [2.05, 4.69) is 23.0 Å². The highest BCUT2D eigenvalue weighted by molar-refractivity contribution is 5.59. The minimum absolute atomic E-state index is 0.469. The van der Waals surface area contributed by atoms with Gasteiger partial charge >= 0.3 is 0 Å². The van der Waals surface area contributed by atoms with Crippen molar-refractivity contribution in [2.75, 3.05) is 6.61 Å². The van der Waals surface area contributed by atoms with Crippen LogP contribution in [-0.2, 0) is 0 Å². The molecule has 0 amide bonds. The van der Waals surface area contributed by atoms with Crippen molar-refractivity contribution < 1.29 is 9.15 Å². The molecule has 0 unspecified atom stereocenters. The molecule has 4 nitrogen and oxygen atoms in total. The first kappa shape index (κ1) is 15.8. The predicted molar refractivity (Wildman–Crippen MR) is 93.5 cm³/mol. The number of hydrogen-bond acceptors (Lipinski definition) is 4. The van der Waals surface area contributed by atoms with E-state index >= 15 is 0 Å². The molecule has 0 saturated carbocycles. The normalized spacial score (nSPS) is 10.3. The van der Waals surface area contributed by atoms with Crippen LogP contribution < -0.4 is 4.74 Å². The van der Waals surface area contributed by atoms with Gasteiger partial charge in [0.25, 0.3) is 0 Å². The lowest BCUT2D eigenvalue weighted by Crippen LogP contribution is -1.95. The summed E-state index contributed by atoms with van der Waals surface area (Å²) in [5, 5.41) is 8.21. The van der Waals surface area contributed by atoms with Crippen LogP contribution in [0.5, 0.6) is 5.75 Å². The quantitative estimate of drug-likeness (QED) is 0.493. The van der Waals surface area contributed by atoms with Gasteiger partial charge in [-0.3, -0.25) is 0 Å². The van der Waals surface area contributed by atoms with E-state index in [0.717, 1.165) is 41.9 Å². The zero-order valence-electron chi connectivity index (χ0n) is 13.5. The van der Waals surface area contributed by atoms with Gasteiger partial charge in [0.2, 0.25) is 11.8 Å². The molecule has 1 heterocycles. The Hall–Kier alpha value is -3.06. The zero-order valence-corrected chi connectivity index (χ0v) is 13.5. The van der Waals surface area contributed by atoms with E-state index in [9.17, 15) is 0 Å². The highest BCUT2D eigenvalue weighted by atomic mass is 16.5. The summed E-state index contributed by atoms with van der Waals surface area (Å²) in [5.74, 6) is 4.37. The lowest BCUT2D eigenvalue weighted by atomic mass is 10.1. The van der Waals surface area contributed by atoms with Crippen molar-refractivity contribution in [3.8, 4) is 41.0 Å². The molecule has 0 bridgehead atoms. The molecule has 0 fully saturated rings. The molecule has 4 heteroatoms. The molecule has 0 spiro atoms. The molecule has 0 N–H and O–H groups in total. The highest BCUT2D eigenvalue weighted by Crippen LogP contribution is 2.25. The Kier molecular flexibility index (Phi) is 4.93. The fourth-order valence-electron chi connectivity index (χ4n) is 2.19. The average molecular weight is 318 g/mol. The Bertz CT molecular complexity index is 827. The van der Waals surface area contributed by atoms with Gasteiger partial charge in [-0.1, -0.05) is 19.3 Å². The minimum atomic E-state index is 0.469. The number of terminal acetylenes is 1. The van der Waals surface area contributed by atoms with Crippen molar-refractivity contribution in [2.24, 2.45) is 0 Å². The van der Waals surface area contributed by atoms with Gasteiger partial charge in [-0.05, 0) is 55.0 Å². The summed E-state index contributed by atoms with van der Waals surface area (Å²) in [6, 6.07) is 15.1. The highest BCUT2D eigenvalue weighted by Gasteiger charge is 2.10. The molecule has 0 aliphatic heterocycles. The topological polar surface area (TPSA) is 48.2 Å². The number of nitrogens with zero attached hydrogens (tertiary/aromatic N) is 2. The molecule has 3 rings (SSSR count). The number of benzene rings is 2.